The molecule has 0 spiro atoms. The number of hydrogen-bond donors (Lipinski definition) is 1. The number of carboxylic acid groups (broad SMARTS) is 1. The topological polar surface area (TPSA) is 49.8 Å². The molecule has 0 bridgehead atoms. The predicted octanol–water partition coefficient (Wildman–Crippen LogP) is 6.14. The molecule has 29 heavy (non-hydrogen) atoms. The highest BCUT2D eigenvalue weighted by molar-refractivity contribution is 6.39. The third-order valence-electron chi connectivity index (χ3n) is 4.97. The second-order valence-corrected chi connectivity index (χ2v) is 7.80. The van der Waals surface area contributed by atoms with Crippen molar-refractivity contribution in [3.8, 4) is 16.9 Å². The SMILES string of the molecule is O=C(O)N(Cc1ccccc1)CC1Cc2cccc(-c3c(Cl)cccc3Cl)c2O1. The van der Waals surface area contributed by atoms with Crippen LogP contribution >= 0.6 is 23.2 Å². The van der Waals surface area contributed by atoms with Crippen molar-refractivity contribution in [2.75, 3.05) is 6.54 Å². The van der Waals surface area contributed by atoms with Gasteiger partial charge in [-0.2, -0.15) is 0 Å². The zero-order valence-corrected chi connectivity index (χ0v) is 17.0. The standard InChI is InChI=1S/C23H19Cl2NO3/c24-19-10-5-11-20(25)21(19)18-9-4-8-16-12-17(29-22(16)18)14-26(23(27)28)13-15-6-2-1-3-7-15/h1-11,17H,12-14H2,(H,27,28). The zero-order chi connectivity index (χ0) is 20.4. The average Bonchev–Trinajstić information content (AvgIpc) is 3.11. The highest BCUT2D eigenvalue weighted by Crippen LogP contribution is 2.44. The molecule has 1 N–H and O–H groups in total. The Hall–Kier alpha value is -2.69. The van der Waals surface area contributed by atoms with Gasteiger partial charge in [0.15, 0.2) is 0 Å². The number of rotatable bonds is 5. The molecule has 1 heterocycles. The van der Waals surface area contributed by atoms with Gasteiger partial charge >= 0.3 is 6.09 Å². The third kappa shape index (κ3) is 4.19. The van der Waals surface area contributed by atoms with Gasteiger partial charge in [-0.1, -0.05) is 77.8 Å². The van der Waals surface area contributed by atoms with Crippen LogP contribution in [0.2, 0.25) is 10.0 Å². The van der Waals surface area contributed by atoms with Gasteiger partial charge in [-0.3, -0.25) is 0 Å². The fourth-order valence-electron chi connectivity index (χ4n) is 3.65. The molecule has 4 nitrogen and oxygen atoms in total. The van der Waals surface area contributed by atoms with E-state index in [1.165, 1.54) is 4.90 Å². The van der Waals surface area contributed by atoms with Crippen LogP contribution in [0.25, 0.3) is 11.1 Å². The number of halogens is 2. The largest absolute Gasteiger partial charge is 0.487 e. The van der Waals surface area contributed by atoms with E-state index < -0.39 is 6.09 Å². The number of fused-ring (bicyclic) bond motifs is 1. The molecule has 6 heteroatoms. The average molecular weight is 428 g/mol. The van der Waals surface area contributed by atoms with Crippen LogP contribution in [0.5, 0.6) is 5.75 Å². The molecule has 3 aromatic carbocycles. The molecular formula is C23H19Cl2NO3. The molecule has 4 rings (SSSR count). The van der Waals surface area contributed by atoms with Crippen molar-refractivity contribution < 1.29 is 14.6 Å². The summed E-state index contributed by atoms with van der Waals surface area (Å²) < 4.78 is 6.20. The van der Waals surface area contributed by atoms with Gasteiger partial charge in [-0.05, 0) is 23.3 Å². The van der Waals surface area contributed by atoms with Crippen LogP contribution in [0.4, 0.5) is 4.79 Å². The van der Waals surface area contributed by atoms with Crippen molar-refractivity contribution in [3.63, 3.8) is 0 Å². The van der Waals surface area contributed by atoms with Crippen LogP contribution in [-0.2, 0) is 13.0 Å². The minimum absolute atomic E-state index is 0.271. The molecular weight excluding hydrogens is 409 g/mol. The minimum Gasteiger partial charge on any atom is -0.487 e. The number of amides is 1. The van der Waals surface area contributed by atoms with Crippen LogP contribution in [-0.4, -0.2) is 28.7 Å². The van der Waals surface area contributed by atoms with E-state index in [1.807, 2.05) is 48.5 Å². The smallest absolute Gasteiger partial charge is 0.407 e. The minimum atomic E-state index is -0.970. The monoisotopic (exact) mass is 427 g/mol. The highest BCUT2D eigenvalue weighted by Gasteiger charge is 2.29. The van der Waals surface area contributed by atoms with E-state index >= 15 is 0 Å². The number of benzene rings is 3. The molecule has 1 atom stereocenters. The highest BCUT2D eigenvalue weighted by atomic mass is 35.5. The zero-order valence-electron chi connectivity index (χ0n) is 15.5. The molecule has 0 radical (unpaired) electrons. The molecule has 1 amide bonds. The lowest BCUT2D eigenvalue weighted by Crippen LogP contribution is -2.37. The van der Waals surface area contributed by atoms with E-state index in [0.717, 1.165) is 28.0 Å². The van der Waals surface area contributed by atoms with Crippen molar-refractivity contribution in [1.29, 1.82) is 0 Å². The summed E-state index contributed by atoms with van der Waals surface area (Å²) >= 11 is 12.8. The van der Waals surface area contributed by atoms with Crippen LogP contribution in [0.1, 0.15) is 11.1 Å². The lowest BCUT2D eigenvalue weighted by Gasteiger charge is -2.23. The first-order valence-electron chi connectivity index (χ1n) is 9.27. The van der Waals surface area contributed by atoms with Gasteiger partial charge in [0.25, 0.3) is 0 Å². The van der Waals surface area contributed by atoms with Gasteiger partial charge in [0.05, 0.1) is 16.6 Å². The number of hydrogen-bond acceptors (Lipinski definition) is 2. The molecule has 0 aromatic heterocycles. The summed E-state index contributed by atoms with van der Waals surface area (Å²) in [6, 6.07) is 20.8. The number of para-hydroxylation sites is 1. The number of ether oxygens (including phenoxy) is 1. The van der Waals surface area contributed by atoms with E-state index in [9.17, 15) is 9.90 Å². The summed E-state index contributed by atoms with van der Waals surface area (Å²) in [5.74, 6) is 0.720. The molecule has 0 saturated carbocycles. The Kier molecular flexibility index (Phi) is 5.65. The second kappa shape index (κ2) is 8.36. The van der Waals surface area contributed by atoms with Gasteiger partial charge in [0.2, 0.25) is 0 Å². The van der Waals surface area contributed by atoms with E-state index in [-0.39, 0.29) is 12.6 Å². The Morgan fingerprint density at radius 2 is 1.69 bits per heavy atom. The molecule has 1 aliphatic rings. The van der Waals surface area contributed by atoms with Crippen LogP contribution in [0.15, 0.2) is 66.7 Å². The first-order valence-corrected chi connectivity index (χ1v) is 10.0. The van der Waals surface area contributed by atoms with E-state index in [2.05, 4.69) is 0 Å². The van der Waals surface area contributed by atoms with Crippen molar-refractivity contribution in [1.82, 2.24) is 4.90 Å². The number of nitrogens with zero attached hydrogens (tertiary/aromatic N) is 1. The number of carbonyl (C=O) groups is 1. The predicted molar refractivity (Wildman–Crippen MR) is 115 cm³/mol. The van der Waals surface area contributed by atoms with Crippen LogP contribution in [0, 0.1) is 0 Å². The Morgan fingerprint density at radius 3 is 2.38 bits per heavy atom. The summed E-state index contributed by atoms with van der Waals surface area (Å²) in [5.41, 5.74) is 3.51. The van der Waals surface area contributed by atoms with Crippen molar-refractivity contribution in [3.05, 3.63) is 87.9 Å². The van der Waals surface area contributed by atoms with Gasteiger partial charge in [0, 0.05) is 24.1 Å². The lowest BCUT2D eigenvalue weighted by molar-refractivity contribution is 0.113. The van der Waals surface area contributed by atoms with Gasteiger partial charge in [-0.15, -0.1) is 0 Å². The lowest BCUT2D eigenvalue weighted by atomic mass is 10.0. The van der Waals surface area contributed by atoms with Crippen molar-refractivity contribution >= 4 is 29.3 Å². The fourth-order valence-corrected chi connectivity index (χ4v) is 4.25. The van der Waals surface area contributed by atoms with Crippen molar-refractivity contribution in [2.45, 2.75) is 19.1 Å². The van der Waals surface area contributed by atoms with E-state index in [0.29, 0.717) is 23.0 Å². The molecule has 0 aliphatic carbocycles. The third-order valence-corrected chi connectivity index (χ3v) is 5.60. The maximum Gasteiger partial charge on any atom is 0.407 e. The maximum absolute atomic E-state index is 11.8. The molecule has 0 saturated heterocycles. The van der Waals surface area contributed by atoms with Crippen LogP contribution < -0.4 is 4.74 Å². The van der Waals surface area contributed by atoms with Gasteiger partial charge < -0.3 is 14.7 Å². The molecule has 3 aromatic rings. The normalized spacial score (nSPS) is 14.9. The molecule has 0 fully saturated rings. The van der Waals surface area contributed by atoms with E-state index in [1.54, 1.807) is 18.2 Å². The summed E-state index contributed by atoms with van der Waals surface area (Å²) in [6.45, 7) is 0.587. The first-order chi connectivity index (χ1) is 14.0. The quantitative estimate of drug-likeness (QED) is 0.531. The maximum atomic E-state index is 11.8. The fraction of sp³-hybridized carbons (Fsp3) is 0.174. The Labute approximate surface area is 179 Å². The first kappa shape index (κ1) is 19.6. The van der Waals surface area contributed by atoms with Crippen molar-refractivity contribution in [2.24, 2.45) is 0 Å². The summed E-state index contributed by atoms with van der Waals surface area (Å²) in [7, 11) is 0. The molecule has 1 unspecified atom stereocenters. The van der Waals surface area contributed by atoms with Gasteiger partial charge in [0.1, 0.15) is 11.9 Å². The van der Waals surface area contributed by atoms with Crippen LogP contribution in [0.3, 0.4) is 0 Å². The summed E-state index contributed by atoms with van der Waals surface area (Å²) in [5, 5.41) is 10.8. The second-order valence-electron chi connectivity index (χ2n) is 6.98. The van der Waals surface area contributed by atoms with E-state index in [4.69, 9.17) is 27.9 Å². The molecule has 1 aliphatic heterocycles. The Morgan fingerprint density at radius 1 is 1.00 bits per heavy atom. The van der Waals surface area contributed by atoms with Gasteiger partial charge in [-0.25, -0.2) is 4.79 Å². The Balaban J connectivity index is 1.57. The summed E-state index contributed by atoms with van der Waals surface area (Å²) in [4.78, 5) is 13.2. The molecule has 148 valence electrons. The summed E-state index contributed by atoms with van der Waals surface area (Å²) in [6.07, 6.45) is -0.612. The Bertz CT molecular complexity index is 1020.